The van der Waals surface area contributed by atoms with Crippen LogP contribution in [0.1, 0.15) is 29.6 Å². The molecule has 26 heavy (non-hydrogen) atoms. The predicted molar refractivity (Wildman–Crippen MR) is 98.4 cm³/mol. The van der Waals surface area contributed by atoms with Crippen LogP contribution in [0.5, 0.6) is 0 Å². The highest BCUT2D eigenvalue weighted by Gasteiger charge is 2.26. The first-order valence-electron chi connectivity index (χ1n) is 8.24. The van der Waals surface area contributed by atoms with Gasteiger partial charge in [-0.1, -0.05) is 24.1 Å². The molecule has 0 unspecified atom stereocenters. The van der Waals surface area contributed by atoms with E-state index in [-0.39, 0.29) is 15.5 Å². The molecule has 2 aromatic rings. The Bertz CT molecular complexity index is 928. The summed E-state index contributed by atoms with van der Waals surface area (Å²) in [5.74, 6) is -1.08. The predicted octanol–water partition coefficient (Wildman–Crippen LogP) is 3.91. The fourth-order valence-electron chi connectivity index (χ4n) is 2.86. The van der Waals surface area contributed by atoms with Gasteiger partial charge in [-0.2, -0.15) is 4.31 Å². The van der Waals surface area contributed by atoms with E-state index in [4.69, 9.17) is 11.6 Å². The largest absolute Gasteiger partial charge is 0.322 e. The van der Waals surface area contributed by atoms with Crippen molar-refractivity contribution < 1.29 is 17.6 Å². The average Bonchev–Trinajstić information content (AvgIpc) is 2.62. The van der Waals surface area contributed by atoms with Crippen LogP contribution in [0.25, 0.3) is 0 Å². The maximum absolute atomic E-state index is 13.1. The van der Waals surface area contributed by atoms with Gasteiger partial charge in [-0.25, -0.2) is 12.8 Å². The number of amides is 1. The Hall–Kier alpha value is -1.96. The average molecular weight is 397 g/mol. The van der Waals surface area contributed by atoms with E-state index in [1.54, 1.807) is 12.1 Å². The van der Waals surface area contributed by atoms with Gasteiger partial charge in [0.1, 0.15) is 5.82 Å². The molecule has 0 atom stereocenters. The van der Waals surface area contributed by atoms with Crippen LogP contribution in [0.4, 0.5) is 10.1 Å². The molecule has 1 heterocycles. The number of hydrogen-bond acceptors (Lipinski definition) is 3. The van der Waals surface area contributed by atoms with Crippen molar-refractivity contribution in [1.82, 2.24) is 4.31 Å². The molecule has 0 aromatic heterocycles. The number of rotatable bonds is 4. The highest BCUT2D eigenvalue weighted by Crippen LogP contribution is 2.24. The summed E-state index contributed by atoms with van der Waals surface area (Å²) in [6, 6.07) is 9.54. The number of nitrogens with one attached hydrogen (secondary N) is 1. The summed E-state index contributed by atoms with van der Waals surface area (Å²) in [4.78, 5) is 12.5. The van der Waals surface area contributed by atoms with Crippen molar-refractivity contribution in [1.29, 1.82) is 0 Å². The normalized spacial score (nSPS) is 15.6. The van der Waals surface area contributed by atoms with Crippen molar-refractivity contribution in [2.75, 3.05) is 18.4 Å². The molecule has 0 radical (unpaired) electrons. The van der Waals surface area contributed by atoms with Crippen LogP contribution in [0.3, 0.4) is 0 Å². The van der Waals surface area contributed by atoms with Crippen molar-refractivity contribution in [2.24, 2.45) is 0 Å². The smallest absolute Gasteiger partial charge is 0.257 e. The van der Waals surface area contributed by atoms with Crippen LogP contribution in [0, 0.1) is 5.82 Å². The van der Waals surface area contributed by atoms with E-state index in [0.717, 1.165) is 31.4 Å². The van der Waals surface area contributed by atoms with Gasteiger partial charge >= 0.3 is 0 Å². The summed E-state index contributed by atoms with van der Waals surface area (Å²) >= 11 is 5.89. The lowest BCUT2D eigenvalue weighted by Crippen LogP contribution is -2.35. The second-order valence-electron chi connectivity index (χ2n) is 6.07. The maximum Gasteiger partial charge on any atom is 0.257 e. The molecular formula is C18H18ClFN2O3S. The van der Waals surface area contributed by atoms with Crippen molar-refractivity contribution in [2.45, 2.75) is 24.2 Å². The van der Waals surface area contributed by atoms with Crippen LogP contribution in [0.2, 0.25) is 5.02 Å². The van der Waals surface area contributed by atoms with Crippen LogP contribution >= 0.6 is 11.6 Å². The van der Waals surface area contributed by atoms with Gasteiger partial charge in [0.2, 0.25) is 10.0 Å². The van der Waals surface area contributed by atoms with Crippen LogP contribution in [-0.2, 0) is 10.0 Å². The lowest BCUT2D eigenvalue weighted by atomic mass is 10.2. The Labute approximate surface area is 156 Å². The summed E-state index contributed by atoms with van der Waals surface area (Å²) in [5, 5.41) is 2.59. The molecule has 0 bridgehead atoms. The van der Waals surface area contributed by atoms with Gasteiger partial charge in [0.05, 0.1) is 15.5 Å². The molecule has 1 fully saturated rings. The molecule has 0 spiro atoms. The van der Waals surface area contributed by atoms with Gasteiger partial charge in [0, 0.05) is 18.8 Å². The number of nitrogens with zero attached hydrogens (tertiary/aromatic N) is 1. The van der Waals surface area contributed by atoms with Gasteiger partial charge in [-0.05, 0) is 49.2 Å². The van der Waals surface area contributed by atoms with E-state index >= 15 is 0 Å². The molecule has 3 rings (SSSR count). The minimum atomic E-state index is -3.59. The quantitative estimate of drug-likeness (QED) is 0.852. The van der Waals surface area contributed by atoms with Crippen LogP contribution in [-0.4, -0.2) is 31.7 Å². The first-order chi connectivity index (χ1) is 12.4. The number of carbonyl (C=O) groups is 1. The van der Waals surface area contributed by atoms with E-state index in [9.17, 15) is 17.6 Å². The Morgan fingerprint density at radius 1 is 1.08 bits per heavy atom. The number of carbonyl (C=O) groups excluding carboxylic acids is 1. The van der Waals surface area contributed by atoms with Crippen molar-refractivity contribution in [3.05, 3.63) is 58.9 Å². The van der Waals surface area contributed by atoms with Crippen LogP contribution < -0.4 is 5.32 Å². The summed E-state index contributed by atoms with van der Waals surface area (Å²) in [6.07, 6.45) is 2.72. The Kier molecular flexibility index (Phi) is 5.60. The second-order valence-corrected chi connectivity index (χ2v) is 8.42. The summed E-state index contributed by atoms with van der Waals surface area (Å²) in [7, 11) is -3.59. The fourth-order valence-corrected chi connectivity index (χ4v) is 4.68. The van der Waals surface area contributed by atoms with Crippen LogP contribution in [0.15, 0.2) is 47.4 Å². The molecule has 2 aromatic carbocycles. The molecular weight excluding hydrogens is 379 g/mol. The van der Waals surface area contributed by atoms with Gasteiger partial charge in [0.15, 0.2) is 0 Å². The standard InChI is InChI=1S/C18H18ClFN2O3S/c19-17-11-13(20)7-8-16(17)18(23)21-14-5-4-6-15(12-14)26(24,25)22-9-2-1-3-10-22/h4-8,11-12H,1-3,9-10H2,(H,21,23). The number of benzene rings is 2. The Morgan fingerprint density at radius 2 is 1.81 bits per heavy atom. The minimum Gasteiger partial charge on any atom is -0.322 e. The first-order valence-corrected chi connectivity index (χ1v) is 10.1. The zero-order valence-corrected chi connectivity index (χ0v) is 15.5. The second kappa shape index (κ2) is 7.73. The van der Waals surface area contributed by atoms with Gasteiger partial charge in [-0.15, -0.1) is 0 Å². The minimum absolute atomic E-state index is 0.0143. The van der Waals surface area contributed by atoms with E-state index in [0.29, 0.717) is 18.8 Å². The summed E-state index contributed by atoms with van der Waals surface area (Å²) in [5.41, 5.74) is 0.436. The van der Waals surface area contributed by atoms with E-state index in [1.807, 2.05) is 0 Å². The van der Waals surface area contributed by atoms with Gasteiger partial charge in [0.25, 0.3) is 5.91 Å². The van der Waals surface area contributed by atoms with Gasteiger partial charge in [-0.3, -0.25) is 4.79 Å². The van der Waals surface area contributed by atoms with Gasteiger partial charge < -0.3 is 5.32 Å². The highest BCUT2D eigenvalue weighted by atomic mass is 35.5. The molecule has 1 N–H and O–H groups in total. The van der Waals surface area contributed by atoms with E-state index in [2.05, 4.69) is 5.32 Å². The molecule has 5 nitrogen and oxygen atoms in total. The Balaban J connectivity index is 1.82. The highest BCUT2D eigenvalue weighted by molar-refractivity contribution is 7.89. The Morgan fingerprint density at radius 3 is 2.50 bits per heavy atom. The number of anilines is 1. The zero-order chi connectivity index (χ0) is 18.7. The topological polar surface area (TPSA) is 66.5 Å². The number of hydrogen-bond donors (Lipinski definition) is 1. The molecule has 138 valence electrons. The van der Waals surface area contributed by atoms with Crippen molar-refractivity contribution >= 4 is 33.2 Å². The molecule has 1 aliphatic rings. The number of sulfonamides is 1. The third-order valence-electron chi connectivity index (χ3n) is 4.22. The molecule has 1 amide bonds. The third-order valence-corrected chi connectivity index (χ3v) is 6.43. The SMILES string of the molecule is O=C(Nc1cccc(S(=O)(=O)N2CCCCC2)c1)c1ccc(F)cc1Cl. The molecule has 1 saturated heterocycles. The molecule has 1 aliphatic heterocycles. The number of halogens is 2. The zero-order valence-electron chi connectivity index (χ0n) is 13.9. The van der Waals surface area contributed by atoms with E-state index in [1.165, 1.54) is 22.5 Å². The van der Waals surface area contributed by atoms with Crippen molar-refractivity contribution in [3.8, 4) is 0 Å². The third kappa shape index (κ3) is 4.06. The van der Waals surface area contributed by atoms with E-state index < -0.39 is 21.7 Å². The maximum atomic E-state index is 13.1. The molecule has 8 heteroatoms. The first kappa shape index (κ1) is 18.8. The monoisotopic (exact) mass is 396 g/mol. The van der Waals surface area contributed by atoms with Crippen molar-refractivity contribution in [3.63, 3.8) is 0 Å². The number of piperidine rings is 1. The lowest BCUT2D eigenvalue weighted by molar-refractivity contribution is 0.102. The molecule has 0 saturated carbocycles. The summed E-state index contributed by atoms with van der Waals surface area (Å²) < 4.78 is 40.1. The molecule has 0 aliphatic carbocycles. The lowest BCUT2D eigenvalue weighted by Gasteiger charge is -2.26. The summed E-state index contributed by atoms with van der Waals surface area (Å²) in [6.45, 7) is 1.01. The fraction of sp³-hybridized carbons (Fsp3) is 0.278.